The van der Waals surface area contributed by atoms with E-state index < -0.39 is 17.2 Å². The Balaban J connectivity index is 2.24. The molecule has 0 unspecified atom stereocenters. The fourth-order valence-electron chi connectivity index (χ4n) is 3.37. The first kappa shape index (κ1) is 19.8. The molecule has 2 aromatic heterocycles. The van der Waals surface area contributed by atoms with Crippen LogP contribution in [0.5, 0.6) is 0 Å². The van der Waals surface area contributed by atoms with Gasteiger partial charge in [0.15, 0.2) is 0 Å². The van der Waals surface area contributed by atoms with E-state index in [1.54, 1.807) is 4.57 Å². The summed E-state index contributed by atoms with van der Waals surface area (Å²) in [6, 6.07) is -0.145. The molecule has 0 aliphatic carbocycles. The zero-order chi connectivity index (χ0) is 19.9. The molecule has 148 valence electrons. The summed E-state index contributed by atoms with van der Waals surface area (Å²) in [6.07, 6.45) is 0.591. The normalized spacial score (nSPS) is 15.9. The van der Waals surface area contributed by atoms with Crippen LogP contribution in [0.25, 0.3) is 10.2 Å². The van der Waals surface area contributed by atoms with Crippen molar-refractivity contribution in [1.29, 1.82) is 0 Å². The Kier molecular flexibility index (Phi) is 5.29. The van der Waals surface area contributed by atoms with Crippen molar-refractivity contribution in [2.45, 2.75) is 58.9 Å². The standard InChI is InChI=1S/C18H26N4O4S/c1-10(2)22-16-14(11-7-18(3,4)26-9-12(11)27-16)15(24)21(17(22)25)8-13(23)20-6-5-19/h10H,5-9,19H2,1-4H3,(H,20,23). The number of hydrogen-bond donors (Lipinski definition) is 2. The molecule has 0 saturated heterocycles. The molecule has 0 spiro atoms. The quantitative estimate of drug-likeness (QED) is 0.777. The average molecular weight is 394 g/mol. The van der Waals surface area contributed by atoms with E-state index in [4.69, 9.17) is 10.5 Å². The van der Waals surface area contributed by atoms with Crippen LogP contribution < -0.4 is 22.3 Å². The van der Waals surface area contributed by atoms with Gasteiger partial charge in [-0.1, -0.05) is 0 Å². The van der Waals surface area contributed by atoms with Gasteiger partial charge in [0, 0.05) is 30.4 Å². The second-order valence-electron chi connectivity index (χ2n) is 7.69. The molecule has 0 atom stereocenters. The second-order valence-corrected chi connectivity index (χ2v) is 8.77. The summed E-state index contributed by atoms with van der Waals surface area (Å²) in [6.45, 7) is 8.45. The Morgan fingerprint density at radius 3 is 2.70 bits per heavy atom. The van der Waals surface area contributed by atoms with Crippen LogP contribution in [0.3, 0.4) is 0 Å². The van der Waals surface area contributed by atoms with Crippen molar-refractivity contribution in [2.75, 3.05) is 13.1 Å². The molecule has 3 heterocycles. The molecule has 8 nitrogen and oxygen atoms in total. The van der Waals surface area contributed by atoms with E-state index in [2.05, 4.69) is 5.32 Å². The Morgan fingerprint density at radius 1 is 1.37 bits per heavy atom. The minimum absolute atomic E-state index is 0.145. The number of thiophene rings is 1. The van der Waals surface area contributed by atoms with Gasteiger partial charge >= 0.3 is 5.69 Å². The van der Waals surface area contributed by atoms with Gasteiger partial charge in [-0.3, -0.25) is 18.7 Å². The van der Waals surface area contributed by atoms with Gasteiger partial charge in [-0.15, -0.1) is 11.3 Å². The maximum Gasteiger partial charge on any atom is 0.332 e. The zero-order valence-electron chi connectivity index (χ0n) is 16.1. The molecule has 27 heavy (non-hydrogen) atoms. The summed E-state index contributed by atoms with van der Waals surface area (Å²) >= 11 is 1.43. The molecule has 1 amide bonds. The van der Waals surface area contributed by atoms with Crippen LogP contribution in [0.15, 0.2) is 9.59 Å². The summed E-state index contributed by atoms with van der Waals surface area (Å²) in [5.74, 6) is -0.401. The van der Waals surface area contributed by atoms with Crippen molar-refractivity contribution >= 4 is 27.5 Å². The zero-order valence-corrected chi connectivity index (χ0v) is 16.9. The summed E-state index contributed by atoms with van der Waals surface area (Å²) < 4.78 is 8.50. The molecule has 0 bridgehead atoms. The van der Waals surface area contributed by atoms with Crippen LogP contribution in [-0.2, 0) is 29.1 Å². The summed E-state index contributed by atoms with van der Waals surface area (Å²) in [4.78, 5) is 39.9. The predicted molar refractivity (Wildman–Crippen MR) is 105 cm³/mol. The number of ether oxygens (including phenoxy) is 1. The first-order valence-electron chi connectivity index (χ1n) is 9.06. The van der Waals surface area contributed by atoms with Crippen molar-refractivity contribution in [3.63, 3.8) is 0 Å². The number of carbonyl (C=O) groups is 1. The first-order chi connectivity index (χ1) is 12.7. The van der Waals surface area contributed by atoms with E-state index in [0.717, 1.165) is 15.0 Å². The van der Waals surface area contributed by atoms with Gasteiger partial charge < -0.3 is 15.8 Å². The van der Waals surface area contributed by atoms with Crippen LogP contribution in [0.4, 0.5) is 0 Å². The third-order valence-electron chi connectivity index (χ3n) is 4.67. The fourth-order valence-corrected chi connectivity index (χ4v) is 4.72. The number of carbonyl (C=O) groups excluding carboxylic acids is 1. The van der Waals surface area contributed by atoms with Gasteiger partial charge in [-0.2, -0.15) is 0 Å². The number of nitrogens with zero attached hydrogens (tertiary/aromatic N) is 2. The molecule has 0 aromatic carbocycles. The van der Waals surface area contributed by atoms with E-state index in [1.807, 2.05) is 27.7 Å². The van der Waals surface area contributed by atoms with E-state index >= 15 is 0 Å². The number of rotatable bonds is 5. The van der Waals surface area contributed by atoms with Crippen LogP contribution in [-0.4, -0.2) is 33.7 Å². The van der Waals surface area contributed by atoms with Crippen LogP contribution in [0, 0.1) is 0 Å². The Labute approximate surface area is 160 Å². The highest BCUT2D eigenvalue weighted by molar-refractivity contribution is 7.18. The predicted octanol–water partition coefficient (Wildman–Crippen LogP) is 0.732. The Morgan fingerprint density at radius 2 is 2.07 bits per heavy atom. The lowest BCUT2D eigenvalue weighted by atomic mass is 9.94. The molecule has 1 aliphatic rings. The largest absolute Gasteiger partial charge is 0.370 e. The summed E-state index contributed by atoms with van der Waals surface area (Å²) in [5, 5.41) is 3.15. The number of fused-ring (bicyclic) bond motifs is 3. The molecular formula is C18H26N4O4S. The third-order valence-corrected chi connectivity index (χ3v) is 5.87. The van der Waals surface area contributed by atoms with Gasteiger partial charge in [-0.25, -0.2) is 4.79 Å². The number of nitrogens with one attached hydrogen (secondary N) is 1. The van der Waals surface area contributed by atoms with Crippen molar-refractivity contribution < 1.29 is 9.53 Å². The maximum atomic E-state index is 13.2. The lowest BCUT2D eigenvalue weighted by Gasteiger charge is -2.29. The molecule has 0 fully saturated rings. The lowest BCUT2D eigenvalue weighted by molar-refractivity contribution is -0.121. The van der Waals surface area contributed by atoms with E-state index in [9.17, 15) is 14.4 Å². The molecule has 0 radical (unpaired) electrons. The monoisotopic (exact) mass is 394 g/mol. The van der Waals surface area contributed by atoms with E-state index in [-0.39, 0.29) is 18.2 Å². The van der Waals surface area contributed by atoms with Gasteiger partial charge in [-0.05, 0) is 33.3 Å². The van der Waals surface area contributed by atoms with Crippen LogP contribution >= 0.6 is 11.3 Å². The van der Waals surface area contributed by atoms with Crippen molar-refractivity contribution in [3.8, 4) is 0 Å². The maximum absolute atomic E-state index is 13.2. The van der Waals surface area contributed by atoms with Gasteiger partial charge in [0.1, 0.15) is 11.4 Å². The van der Waals surface area contributed by atoms with Gasteiger partial charge in [0.25, 0.3) is 5.56 Å². The molecule has 9 heteroatoms. The molecular weight excluding hydrogens is 368 g/mol. The second kappa shape index (κ2) is 7.21. The summed E-state index contributed by atoms with van der Waals surface area (Å²) in [5.41, 5.74) is 5.07. The van der Waals surface area contributed by atoms with Gasteiger partial charge in [0.2, 0.25) is 5.91 Å². The van der Waals surface area contributed by atoms with Crippen molar-refractivity contribution in [2.24, 2.45) is 5.73 Å². The molecule has 3 rings (SSSR count). The van der Waals surface area contributed by atoms with Crippen molar-refractivity contribution in [3.05, 3.63) is 31.3 Å². The minimum Gasteiger partial charge on any atom is -0.370 e. The SMILES string of the molecule is CC(C)n1c(=O)n(CC(=O)NCCN)c(=O)c2c3c(sc21)COC(C)(C)C3. The number of aromatic nitrogens is 2. The Hall–Kier alpha value is -1.97. The number of amides is 1. The molecule has 0 saturated carbocycles. The van der Waals surface area contributed by atoms with E-state index in [1.165, 1.54) is 11.3 Å². The highest BCUT2D eigenvalue weighted by Gasteiger charge is 2.32. The van der Waals surface area contributed by atoms with E-state index in [0.29, 0.717) is 36.3 Å². The highest BCUT2D eigenvalue weighted by Crippen LogP contribution is 2.37. The highest BCUT2D eigenvalue weighted by atomic mass is 32.1. The van der Waals surface area contributed by atoms with Gasteiger partial charge in [0.05, 0.1) is 17.6 Å². The van der Waals surface area contributed by atoms with Crippen LogP contribution in [0.1, 0.15) is 44.2 Å². The molecule has 2 aromatic rings. The topological polar surface area (TPSA) is 108 Å². The Bertz CT molecular complexity index is 999. The molecule has 1 aliphatic heterocycles. The van der Waals surface area contributed by atoms with Crippen molar-refractivity contribution in [1.82, 2.24) is 14.5 Å². The number of nitrogens with two attached hydrogens (primary N) is 1. The van der Waals surface area contributed by atoms with Crippen LogP contribution in [0.2, 0.25) is 0 Å². The average Bonchev–Trinajstić information content (AvgIpc) is 2.93. The summed E-state index contributed by atoms with van der Waals surface area (Å²) in [7, 11) is 0. The smallest absolute Gasteiger partial charge is 0.332 e. The lowest BCUT2D eigenvalue weighted by Crippen LogP contribution is -2.45. The first-order valence-corrected chi connectivity index (χ1v) is 9.88. The number of hydrogen-bond acceptors (Lipinski definition) is 6. The molecule has 3 N–H and O–H groups in total. The minimum atomic E-state index is -0.468. The third kappa shape index (κ3) is 3.59. The fraction of sp³-hybridized carbons (Fsp3) is 0.611.